The molecule has 3 amide bonds. The first-order valence-electron chi connectivity index (χ1n) is 8.16. The zero-order valence-corrected chi connectivity index (χ0v) is 15.1. The maximum atomic E-state index is 12.6. The molecule has 9 heteroatoms. The maximum absolute atomic E-state index is 12.6. The van der Waals surface area contributed by atoms with E-state index >= 15 is 0 Å². The molecule has 2 heterocycles. The number of hydrogen-bond acceptors (Lipinski definition) is 6. The van der Waals surface area contributed by atoms with Gasteiger partial charge in [0.2, 0.25) is 5.91 Å². The first-order chi connectivity index (χ1) is 12.7. The molecule has 140 valence electrons. The molecule has 9 nitrogen and oxygen atoms in total. The van der Waals surface area contributed by atoms with Gasteiger partial charge in [0.05, 0.1) is 23.4 Å². The molecule has 0 aliphatic carbocycles. The van der Waals surface area contributed by atoms with Crippen LogP contribution in [0.1, 0.15) is 26.3 Å². The van der Waals surface area contributed by atoms with E-state index in [1.165, 1.54) is 0 Å². The van der Waals surface area contributed by atoms with Crippen molar-refractivity contribution in [2.24, 2.45) is 0 Å². The fourth-order valence-electron chi connectivity index (χ4n) is 3.01. The number of carbonyl (C=O) groups is 3. The van der Waals surface area contributed by atoms with E-state index in [-0.39, 0.29) is 29.4 Å². The smallest absolute Gasteiger partial charge is 0.262 e. The highest BCUT2D eigenvalue weighted by atomic mass is 16.2. The van der Waals surface area contributed by atoms with Crippen LogP contribution in [-0.2, 0) is 4.79 Å². The van der Waals surface area contributed by atoms with Crippen molar-refractivity contribution in [3.05, 3.63) is 51.3 Å². The molecule has 27 heavy (non-hydrogen) atoms. The van der Waals surface area contributed by atoms with Crippen molar-refractivity contribution in [3.63, 3.8) is 0 Å². The maximum Gasteiger partial charge on any atom is 0.262 e. The van der Waals surface area contributed by atoms with Crippen molar-refractivity contribution in [2.75, 3.05) is 31.7 Å². The number of likely N-dealkylation sites (N-methyl/N-ethyl adjacent to an activating group) is 1. The Morgan fingerprint density at radius 1 is 1.22 bits per heavy atom. The number of rotatable bonds is 4. The van der Waals surface area contributed by atoms with Crippen molar-refractivity contribution in [3.8, 4) is 5.69 Å². The number of carbonyl (C=O) groups excluding carboxylic acids is 3. The Bertz CT molecular complexity index is 1040. The number of nitrogens with zero attached hydrogens (tertiary/aromatic N) is 2. The molecule has 0 atom stereocenters. The molecule has 0 fully saturated rings. The number of nitrogen functional groups attached to an aromatic ring is 1. The lowest BCUT2D eigenvalue weighted by molar-refractivity contribution is -0.116. The van der Waals surface area contributed by atoms with Gasteiger partial charge >= 0.3 is 0 Å². The second-order valence-corrected chi connectivity index (χ2v) is 6.51. The minimum absolute atomic E-state index is 0.0268. The van der Waals surface area contributed by atoms with Gasteiger partial charge in [-0.1, -0.05) is 6.07 Å². The molecule has 1 aromatic heterocycles. The number of nitrogens with two attached hydrogens (primary N) is 1. The van der Waals surface area contributed by atoms with Crippen LogP contribution in [0.2, 0.25) is 0 Å². The van der Waals surface area contributed by atoms with Crippen LogP contribution in [0.5, 0.6) is 0 Å². The number of hydrogen-bond donors (Lipinski definition) is 3. The van der Waals surface area contributed by atoms with E-state index in [0.29, 0.717) is 16.9 Å². The third-order valence-corrected chi connectivity index (χ3v) is 4.23. The average Bonchev–Trinajstić information content (AvgIpc) is 2.84. The third kappa shape index (κ3) is 3.20. The largest absolute Gasteiger partial charge is 0.384 e. The number of pyridine rings is 1. The quantitative estimate of drug-likeness (QED) is 0.657. The van der Waals surface area contributed by atoms with Crippen molar-refractivity contribution in [1.82, 2.24) is 14.8 Å². The summed E-state index contributed by atoms with van der Waals surface area (Å²) in [4.78, 5) is 50.1. The lowest BCUT2D eigenvalue weighted by atomic mass is 10.1. The number of anilines is 2. The van der Waals surface area contributed by atoms with E-state index < -0.39 is 17.4 Å². The van der Waals surface area contributed by atoms with Crippen LogP contribution in [0.4, 0.5) is 11.5 Å². The van der Waals surface area contributed by atoms with E-state index in [2.05, 4.69) is 10.6 Å². The van der Waals surface area contributed by atoms with Crippen molar-refractivity contribution in [1.29, 1.82) is 0 Å². The van der Waals surface area contributed by atoms with Gasteiger partial charge in [-0.05, 0) is 38.7 Å². The fourth-order valence-corrected chi connectivity index (χ4v) is 3.01. The van der Waals surface area contributed by atoms with Crippen LogP contribution in [0.3, 0.4) is 0 Å². The molecule has 2 aromatic rings. The van der Waals surface area contributed by atoms with E-state index in [9.17, 15) is 19.2 Å². The molecule has 1 aliphatic rings. The summed E-state index contributed by atoms with van der Waals surface area (Å²) in [5.74, 6) is -1.62. The first kappa shape index (κ1) is 18.3. The zero-order chi connectivity index (χ0) is 19.9. The van der Waals surface area contributed by atoms with Crippen LogP contribution < -0.4 is 21.9 Å². The van der Waals surface area contributed by atoms with Gasteiger partial charge in [-0.3, -0.25) is 29.1 Å². The monoisotopic (exact) mass is 369 g/mol. The SMILES string of the molecule is Cc1c(NC(=O)CN(C)C)cccc1-n1c(N)c2c(cc1=O)C(=O)NC2=O. The molecule has 0 unspecified atom stereocenters. The average molecular weight is 369 g/mol. The Morgan fingerprint density at radius 3 is 2.59 bits per heavy atom. The van der Waals surface area contributed by atoms with Gasteiger partial charge in [-0.2, -0.15) is 0 Å². The van der Waals surface area contributed by atoms with Gasteiger partial charge in [0, 0.05) is 11.8 Å². The minimum atomic E-state index is -0.646. The Labute approximate surface area is 154 Å². The highest BCUT2D eigenvalue weighted by Gasteiger charge is 2.32. The lowest BCUT2D eigenvalue weighted by Gasteiger charge is -2.17. The highest BCUT2D eigenvalue weighted by molar-refractivity contribution is 6.23. The van der Waals surface area contributed by atoms with Gasteiger partial charge < -0.3 is 16.0 Å². The van der Waals surface area contributed by atoms with Gasteiger partial charge in [-0.15, -0.1) is 0 Å². The topological polar surface area (TPSA) is 127 Å². The summed E-state index contributed by atoms with van der Waals surface area (Å²) in [5.41, 5.74) is 6.99. The van der Waals surface area contributed by atoms with E-state index in [1.807, 2.05) is 0 Å². The van der Waals surface area contributed by atoms with E-state index in [4.69, 9.17) is 5.73 Å². The summed E-state index contributed by atoms with van der Waals surface area (Å²) in [6, 6.07) is 6.10. The van der Waals surface area contributed by atoms with Crippen molar-refractivity contribution in [2.45, 2.75) is 6.92 Å². The number of nitrogens with one attached hydrogen (secondary N) is 2. The molecule has 0 spiro atoms. The summed E-state index contributed by atoms with van der Waals surface area (Å²) in [7, 11) is 3.56. The second kappa shape index (κ2) is 6.69. The Balaban J connectivity index is 2.11. The molecule has 4 N–H and O–H groups in total. The normalized spacial score (nSPS) is 12.9. The van der Waals surface area contributed by atoms with Crippen molar-refractivity contribution < 1.29 is 14.4 Å². The van der Waals surface area contributed by atoms with Crippen LogP contribution in [0, 0.1) is 6.92 Å². The number of aromatic nitrogens is 1. The number of fused-ring (bicyclic) bond motifs is 1. The number of imide groups is 1. The number of benzene rings is 1. The molecule has 0 saturated carbocycles. The summed E-state index contributed by atoms with van der Waals surface area (Å²) < 4.78 is 1.16. The summed E-state index contributed by atoms with van der Waals surface area (Å²) in [6.45, 7) is 1.93. The fraction of sp³-hybridized carbons (Fsp3) is 0.222. The Kier molecular flexibility index (Phi) is 4.54. The van der Waals surface area contributed by atoms with Gasteiger partial charge in [0.15, 0.2) is 0 Å². The third-order valence-electron chi connectivity index (χ3n) is 4.23. The summed E-state index contributed by atoms with van der Waals surface area (Å²) in [6.07, 6.45) is 0. The van der Waals surface area contributed by atoms with Crippen LogP contribution >= 0.6 is 0 Å². The van der Waals surface area contributed by atoms with Gasteiger partial charge in [0.25, 0.3) is 17.4 Å². The van der Waals surface area contributed by atoms with Gasteiger partial charge in [-0.25, -0.2) is 0 Å². The lowest BCUT2D eigenvalue weighted by Crippen LogP contribution is -2.28. The molecule has 1 aromatic carbocycles. The standard InChI is InChI=1S/C18H19N5O4/c1-9-11(20-13(24)8-22(2)3)5-4-6-12(9)23-14(25)7-10-15(16(23)19)18(27)21-17(10)26/h4-7H,8,19H2,1-3H3,(H,20,24)(H,21,26,27). The van der Waals surface area contributed by atoms with Crippen LogP contribution in [0.15, 0.2) is 29.1 Å². The molecular formula is C18H19N5O4. The molecule has 0 bridgehead atoms. The molecule has 0 radical (unpaired) electrons. The van der Waals surface area contributed by atoms with Crippen molar-refractivity contribution >= 4 is 29.2 Å². The van der Waals surface area contributed by atoms with E-state index in [0.717, 1.165) is 10.6 Å². The number of amides is 3. The molecule has 1 aliphatic heterocycles. The Hall–Kier alpha value is -3.46. The zero-order valence-electron chi connectivity index (χ0n) is 15.1. The minimum Gasteiger partial charge on any atom is -0.384 e. The molecule has 0 saturated heterocycles. The Morgan fingerprint density at radius 2 is 1.93 bits per heavy atom. The van der Waals surface area contributed by atoms with Crippen LogP contribution in [-0.4, -0.2) is 47.8 Å². The summed E-state index contributed by atoms with van der Waals surface area (Å²) >= 11 is 0. The molecule has 3 rings (SSSR count). The molecular weight excluding hydrogens is 350 g/mol. The van der Waals surface area contributed by atoms with E-state index in [1.54, 1.807) is 44.1 Å². The highest BCUT2D eigenvalue weighted by Crippen LogP contribution is 2.27. The predicted molar refractivity (Wildman–Crippen MR) is 100 cm³/mol. The van der Waals surface area contributed by atoms with Gasteiger partial charge in [0.1, 0.15) is 5.82 Å². The van der Waals surface area contributed by atoms with Crippen LogP contribution in [0.25, 0.3) is 5.69 Å². The predicted octanol–water partition coefficient (Wildman–Crippen LogP) is 0.112. The first-order valence-corrected chi connectivity index (χ1v) is 8.16. The summed E-state index contributed by atoms with van der Waals surface area (Å²) in [5, 5.41) is 4.92. The second-order valence-electron chi connectivity index (χ2n) is 6.51.